The number of furan rings is 2. The van der Waals surface area contributed by atoms with E-state index in [1.165, 1.54) is 38.5 Å². The summed E-state index contributed by atoms with van der Waals surface area (Å²) in [6, 6.07) is 25.8. The zero-order valence-corrected chi connectivity index (χ0v) is 29.0. The number of aromatic nitrogens is 6. The summed E-state index contributed by atoms with van der Waals surface area (Å²) in [5.41, 5.74) is 6.28. The Morgan fingerprint density at radius 2 is 1.06 bits per heavy atom. The van der Waals surface area contributed by atoms with Gasteiger partial charge in [-0.05, 0) is 74.9 Å². The Bertz CT molecular complexity index is 2500. The van der Waals surface area contributed by atoms with Gasteiger partial charge in [0.25, 0.3) is 0 Å². The summed E-state index contributed by atoms with van der Waals surface area (Å²) in [5, 5.41) is 1.85. The van der Waals surface area contributed by atoms with Gasteiger partial charge in [0.15, 0.2) is 34.5 Å². The third-order valence-electron chi connectivity index (χ3n) is 9.82. The minimum Gasteiger partial charge on any atom is -0.497 e. The van der Waals surface area contributed by atoms with Gasteiger partial charge in [-0.25, -0.2) is 29.9 Å². The van der Waals surface area contributed by atoms with Crippen LogP contribution in [0.25, 0.3) is 67.2 Å². The molecule has 0 atom stereocenters. The molecule has 0 unspecified atom stereocenters. The fourth-order valence-electron chi connectivity index (χ4n) is 7.18. The van der Waals surface area contributed by atoms with Gasteiger partial charge < -0.3 is 23.4 Å². The van der Waals surface area contributed by atoms with Crippen LogP contribution in [0, 0.1) is 0 Å². The molecule has 2 aliphatic rings. The van der Waals surface area contributed by atoms with E-state index in [9.17, 15) is 0 Å². The van der Waals surface area contributed by atoms with E-state index in [-0.39, 0.29) is 0 Å². The summed E-state index contributed by atoms with van der Waals surface area (Å²) in [4.78, 5) is 32.8. The number of benzene rings is 2. The third-order valence-corrected chi connectivity index (χ3v) is 9.82. The number of piperidine rings is 2. The largest absolute Gasteiger partial charge is 0.497 e. The van der Waals surface area contributed by atoms with Gasteiger partial charge in [0.2, 0.25) is 11.4 Å². The zero-order chi connectivity index (χ0) is 34.9. The molecule has 52 heavy (non-hydrogen) atoms. The molecule has 0 bridgehead atoms. The first kappa shape index (κ1) is 31.9. The highest BCUT2D eigenvalue weighted by molar-refractivity contribution is 6.06. The zero-order valence-electron chi connectivity index (χ0n) is 29.0. The van der Waals surface area contributed by atoms with Crippen LogP contribution in [0.4, 0.5) is 11.6 Å². The van der Waals surface area contributed by atoms with Crippen molar-refractivity contribution in [2.45, 2.75) is 38.5 Å². The van der Waals surface area contributed by atoms with Gasteiger partial charge in [0.05, 0.1) is 17.9 Å². The summed E-state index contributed by atoms with van der Waals surface area (Å²) < 4.78 is 17.5. The molecule has 0 amide bonds. The first-order valence-corrected chi connectivity index (χ1v) is 18.0. The number of methoxy groups -OCH3 is 1. The summed E-state index contributed by atoms with van der Waals surface area (Å²) in [7, 11) is 1.66. The van der Waals surface area contributed by atoms with E-state index >= 15 is 0 Å². The van der Waals surface area contributed by atoms with E-state index in [4.69, 9.17) is 33.5 Å². The Balaban J connectivity index is 0.000000139. The average Bonchev–Trinajstić information content (AvgIpc) is 3.80. The third kappa shape index (κ3) is 6.01. The number of rotatable bonds is 5. The molecule has 0 aliphatic carbocycles. The Hall–Kier alpha value is -6.10. The van der Waals surface area contributed by atoms with Crippen LogP contribution in [0.1, 0.15) is 38.5 Å². The van der Waals surface area contributed by atoms with Crippen molar-refractivity contribution in [2.75, 3.05) is 43.1 Å². The average molecular weight is 691 g/mol. The standard InChI is InChI=1S/C21H20N4O2.C20H18N4O/c1-26-15-8-5-7-14(13-15)19-23-17-16-9-6-10-22-21(16)27-18(17)20(24-19)25-11-3-2-4-12-25;1-3-8-14(9-4-1)18-22-16-15-10-7-11-21-20(15)25-17(16)19(23-18)24-12-5-2-6-13-24/h5-10,13H,2-4,11-12H2,1H3;1,3-4,7-11H,2,5-6,12-13H2. The van der Waals surface area contributed by atoms with Crippen LogP contribution in [-0.2, 0) is 0 Å². The smallest absolute Gasteiger partial charge is 0.229 e. The highest BCUT2D eigenvalue weighted by Gasteiger charge is 2.24. The highest BCUT2D eigenvalue weighted by atomic mass is 16.5. The number of hydrogen-bond donors (Lipinski definition) is 0. The molecule has 260 valence electrons. The van der Waals surface area contributed by atoms with Crippen LogP contribution in [0.5, 0.6) is 5.75 Å². The first-order chi connectivity index (χ1) is 25.7. The predicted octanol–water partition coefficient (Wildman–Crippen LogP) is 8.87. The SMILES string of the molecule is COc1cccc(-c2nc(N3CCCCC3)c3oc4ncccc4c3n2)c1.c1ccc(-c2nc(N3CCCCC3)c3oc4ncccc4c3n2)cc1. The number of hydrogen-bond acceptors (Lipinski definition) is 11. The number of ether oxygens (including phenoxy) is 1. The second kappa shape index (κ2) is 13.9. The van der Waals surface area contributed by atoms with Gasteiger partial charge in [-0.2, -0.15) is 0 Å². The summed E-state index contributed by atoms with van der Waals surface area (Å²) in [6.07, 6.45) is 10.7. The molecule has 0 radical (unpaired) electrons. The Morgan fingerprint density at radius 3 is 1.60 bits per heavy atom. The maximum atomic E-state index is 6.07. The molecule has 0 spiro atoms. The molecule has 2 saturated heterocycles. The minimum absolute atomic E-state index is 0.600. The van der Waals surface area contributed by atoms with Gasteiger partial charge in [0.1, 0.15) is 16.8 Å². The van der Waals surface area contributed by atoms with E-state index in [0.29, 0.717) is 17.3 Å². The van der Waals surface area contributed by atoms with E-state index in [1.807, 2.05) is 78.9 Å². The van der Waals surface area contributed by atoms with Crippen LogP contribution in [-0.4, -0.2) is 63.2 Å². The minimum atomic E-state index is 0.600. The Labute approximate surface area is 300 Å². The van der Waals surface area contributed by atoms with Gasteiger partial charge >= 0.3 is 0 Å². The van der Waals surface area contributed by atoms with Gasteiger partial charge in [0, 0.05) is 49.7 Å². The summed E-state index contributed by atoms with van der Waals surface area (Å²) in [6.45, 7) is 3.97. The van der Waals surface area contributed by atoms with Crippen LogP contribution in [0.2, 0.25) is 0 Å². The quantitative estimate of drug-likeness (QED) is 0.172. The monoisotopic (exact) mass is 690 g/mol. The second-order valence-corrected chi connectivity index (χ2v) is 13.2. The number of anilines is 2. The van der Waals surface area contributed by atoms with Crippen LogP contribution in [0.15, 0.2) is 100 Å². The van der Waals surface area contributed by atoms with E-state index in [1.54, 1.807) is 19.5 Å². The Kier molecular flexibility index (Phi) is 8.51. The molecule has 6 aromatic heterocycles. The molecule has 2 fully saturated rings. The maximum Gasteiger partial charge on any atom is 0.229 e. The lowest BCUT2D eigenvalue weighted by atomic mass is 10.1. The molecule has 2 aromatic carbocycles. The van der Waals surface area contributed by atoms with Crippen molar-refractivity contribution in [3.8, 4) is 28.5 Å². The summed E-state index contributed by atoms with van der Waals surface area (Å²) in [5.74, 6) is 3.94. The lowest BCUT2D eigenvalue weighted by molar-refractivity contribution is 0.415. The molecule has 0 N–H and O–H groups in total. The first-order valence-electron chi connectivity index (χ1n) is 18.0. The predicted molar refractivity (Wildman–Crippen MR) is 204 cm³/mol. The normalized spacial score (nSPS) is 14.9. The van der Waals surface area contributed by atoms with Gasteiger partial charge in [-0.3, -0.25) is 0 Å². The van der Waals surface area contributed by atoms with Crippen molar-refractivity contribution < 1.29 is 13.6 Å². The van der Waals surface area contributed by atoms with E-state index in [0.717, 1.165) is 93.5 Å². The molecular formula is C41H38N8O3. The summed E-state index contributed by atoms with van der Waals surface area (Å²) >= 11 is 0. The van der Waals surface area contributed by atoms with Crippen molar-refractivity contribution in [1.82, 2.24) is 29.9 Å². The van der Waals surface area contributed by atoms with Gasteiger partial charge in [-0.1, -0.05) is 42.5 Å². The van der Waals surface area contributed by atoms with Crippen LogP contribution < -0.4 is 14.5 Å². The lowest BCUT2D eigenvalue weighted by Crippen LogP contribution is -2.30. The molecule has 8 aromatic rings. The molecule has 11 nitrogen and oxygen atoms in total. The molecule has 2 aliphatic heterocycles. The molecule has 10 rings (SSSR count). The molecule has 8 heterocycles. The highest BCUT2D eigenvalue weighted by Crippen LogP contribution is 2.37. The van der Waals surface area contributed by atoms with Crippen molar-refractivity contribution >= 4 is 56.0 Å². The molecule has 0 saturated carbocycles. The fourth-order valence-corrected chi connectivity index (χ4v) is 7.18. The number of pyridine rings is 2. The lowest BCUT2D eigenvalue weighted by Gasteiger charge is -2.27. The van der Waals surface area contributed by atoms with Crippen molar-refractivity contribution in [2.24, 2.45) is 0 Å². The van der Waals surface area contributed by atoms with Gasteiger partial charge in [-0.15, -0.1) is 0 Å². The van der Waals surface area contributed by atoms with Crippen LogP contribution >= 0.6 is 0 Å². The van der Waals surface area contributed by atoms with Crippen molar-refractivity contribution in [1.29, 1.82) is 0 Å². The van der Waals surface area contributed by atoms with E-state index < -0.39 is 0 Å². The topological polar surface area (TPSA) is 119 Å². The molecular weight excluding hydrogens is 653 g/mol. The second-order valence-electron chi connectivity index (χ2n) is 13.2. The van der Waals surface area contributed by atoms with Crippen molar-refractivity contribution in [3.63, 3.8) is 0 Å². The number of nitrogens with zero attached hydrogens (tertiary/aromatic N) is 8. The van der Waals surface area contributed by atoms with Crippen LogP contribution in [0.3, 0.4) is 0 Å². The van der Waals surface area contributed by atoms with Crippen molar-refractivity contribution in [3.05, 3.63) is 91.3 Å². The maximum absolute atomic E-state index is 6.07. The molecule has 11 heteroatoms. The fraction of sp³-hybridized carbons (Fsp3) is 0.268. The van der Waals surface area contributed by atoms with E-state index in [2.05, 4.69) is 19.8 Å². The number of fused-ring (bicyclic) bond motifs is 6. The Morgan fingerprint density at radius 1 is 0.538 bits per heavy atom.